The summed E-state index contributed by atoms with van der Waals surface area (Å²) in [5.74, 6) is 2.66. The van der Waals surface area contributed by atoms with Crippen molar-refractivity contribution in [3.05, 3.63) is 29.8 Å². The molecule has 0 aliphatic rings. The molecule has 0 fully saturated rings. The van der Waals surface area contributed by atoms with Gasteiger partial charge in [0, 0.05) is 11.1 Å². The highest BCUT2D eigenvalue weighted by atomic mass is 14.9. The second-order valence-electron chi connectivity index (χ2n) is 4.06. The van der Waals surface area contributed by atoms with Gasteiger partial charge < -0.3 is 5.32 Å². The minimum absolute atomic E-state index is 0.0486. The summed E-state index contributed by atoms with van der Waals surface area (Å²) in [5, 5.41) is 3.36. The Bertz CT molecular complexity index is 326. The van der Waals surface area contributed by atoms with Crippen LogP contribution in [0.3, 0.4) is 0 Å². The summed E-state index contributed by atoms with van der Waals surface area (Å²) in [6, 6.07) is 7.87. The Labute approximate surface area is 80.2 Å². The summed E-state index contributed by atoms with van der Waals surface area (Å²) < 4.78 is 0. The molecule has 0 radical (unpaired) electrons. The molecule has 0 spiro atoms. The first-order valence-electron chi connectivity index (χ1n) is 4.37. The number of benzene rings is 1. The van der Waals surface area contributed by atoms with Crippen LogP contribution in [0.25, 0.3) is 0 Å². The van der Waals surface area contributed by atoms with Gasteiger partial charge in [0.2, 0.25) is 0 Å². The number of rotatable bonds is 1. The lowest BCUT2D eigenvalue weighted by Gasteiger charge is -2.22. The van der Waals surface area contributed by atoms with Gasteiger partial charge in [-0.1, -0.05) is 18.1 Å². The van der Waals surface area contributed by atoms with Gasteiger partial charge in [0.15, 0.2) is 0 Å². The largest absolute Gasteiger partial charge is 0.379 e. The van der Waals surface area contributed by atoms with Crippen molar-refractivity contribution >= 4 is 5.69 Å². The lowest BCUT2D eigenvalue weighted by Crippen LogP contribution is -2.26. The van der Waals surface area contributed by atoms with Crippen LogP contribution in [0.5, 0.6) is 0 Å². The predicted molar refractivity (Wildman–Crippen MR) is 57.8 cm³/mol. The molecule has 0 unspecified atom stereocenters. The molecular weight excluding hydrogens is 158 g/mol. The van der Waals surface area contributed by atoms with Crippen molar-refractivity contribution in [1.29, 1.82) is 0 Å². The van der Waals surface area contributed by atoms with Crippen molar-refractivity contribution in [2.45, 2.75) is 26.3 Å². The van der Waals surface area contributed by atoms with E-state index in [0.717, 1.165) is 11.3 Å². The Morgan fingerprint density at radius 2 is 1.85 bits per heavy atom. The average Bonchev–Trinajstić information content (AvgIpc) is 2.02. The SMILES string of the molecule is C#Cc1ccccc1NC(C)(C)C. The number of hydrogen-bond acceptors (Lipinski definition) is 1. The number of anilines is 1. The quantitative estimate of drug-likeness (QED) is 0.644. The van der Waals surface area contributed by atoms with Crippen LogP contribution >= 0.6 is 0 Å². The van der Waals surface area contributed by atoms with Gasteiger partial charge in [0.25, 0.3) is 0 Å². The van der Waals surface area contributed by atoms with Crippen LogP contribution in [-0.2, 0) is 0 Å². The fourth-order valence-corrected chi connectivity index (χ4v) is 1.12. The van der Waals surface area contributed by atoms with Gasteiger partial charge in [0.05, 0.1) is 5.69 Å². The zero-order valence-corrected chi connectivity index (χ0v) is 8.39. The van der Waals surface area contributed by atoms with Crippen LogP contribution in [0.1, 0.15) is 26.3 Å². The smallest absolute Gasteiger partial charge is 0.0503 e. The van der Waals surface area contributed by atoms with Crippen molar-refractivity contribution in [3.63, 3.8) is 0 Å². The molecule has 0 amide bonds. The molecule has 1 nitrogen and oxygen atoms in total. The van der Waals surface area contributed by atoms with E-state index >= 15 is 0 Å². The third kappa shape index (κ3) is 2.83. The highest BCUT2D eigenvalue weighted by Gasteiger charge is 2.10. The maximum Gasteiger partial charge on any atom is 0.0503 e. The predicted octanol–water partition coefficient (Wildman–Crippen LogP) is 2.88. The van der Waals surface area contributed by atoms with Gasteiger partial charge >= 0.3 is 0 Å². The summed E-state index contributed by atoms with van der Waals surface area (Å²) in [6.07, 6.45) is 5.38. The second kappa shape index (κ2) is 3.53. The topological polar surface area (TPSA) is 12.0 Å². The van der Waals surface area contributed by atoms with E-state index in [4.69, 9.17) is 6.42 Å². The van der Waals surface area contributed by atoms with Crippen LogP contribution in [-0.4, -0.2) is 5.54 Å². The Morgan fingerprint density at radius 1 is 1.23 bits per heavy atom. The maximum absolute atomic E-state index is 5.38. The normalized spacial score (nSPS) is 10.6. The van der Waals surface area contributed by atoms with Crippen LogP contribution in [0.2, 0.25) is 0 Å². The molecule has 1 rings (SSSR count). The summed E-state index contributed by atoms with van der Waals surface area (Å²) in [4.78, 5) is 0. The highest BCUT2D eigenvalue weighted by Crippen LogP contribution is 2.18. The monoisotopic (exact) mass is 173 g/mol. The van der Waals surface area contributed by atoms with E-state index in [1.54, 1.807) is 0 Å². The van der Waals surface area contributed by atoms with Crippen molar-refractivity contribution in [3.8, 4) is 12.3 Å². The first-order chi connectivity index (χ1) is 6.03. The zero-order valence-electron chi connectivity index (χ0n) is 8.39. The molecule has 0 bridgehead atoms. The molecule has 0 aliphatic carbocycles. The zero-order chi connectivity index (χ0) is 9.90. The molecular formula is C12H15N. The third-order valence-electron chi connectivity index (χ3n) is 1.59. The molecule has 1 aromatic carbocycles. The van der Waals surface area contributed by atoms with Gasteiger partial charge in [-0.3, -0.25) is 0 Å². The Morgan fingerprint density at radius 3 is 2.38 bits per heavy atom. The molecule has 13 heavy (non-hydrogen) atoms. The second-order valence-corrected chi connectivity index (χ2v) is 4.06. The van der Waals surface area contributed by atoms with Crippen LogP contribution in [0.4, 0.5) is 5.69 Å². The van der Waals surface area contributed by atoms with E-state index in [0.29, 0.717) is 0 Å². The number of hydrogen-bond donors (Lipinski definition) is 1. The van der Waals surface area contributed by atoms with Crippen LogP contribution in [0.15, 0.2) is 24.3 Å². The first-order valence-corrected chi connectivity index (χ1v) is 4.37. The van der Waals surface area contributed by atoms with Gasteiger partial charge in [-0.05, 0) is 32.9 Å². The van der Waals surface area contributed by atoms with Gasteiger partial charge in [-0.2, -0.15) is 0 Å². The number of nitrogens with one attached hydrogen (secondary N) is 1. The van der Waals surface area contributed by atoms with Crippen molar-refractivity contribution in [2.75, 3.05) is 5.32 Å². The molecule has 0 heterocycles. The number of para-hydroxylation sites is 1. The van der Waals surface area contributed by atoms with Gasteiger partial charge in [-0.15, -0.1) is 6.42 Å². The van der Waals surface area contributed by atoms with Crippen molar-refractivity contribution in [2.24, 2.45) is 0 Å². The van der Waals surface area contributed by atoms with E-state index in [2.05, 4.69) is 32.0 Å². The Balaban J connectivity index is 2.96. The van der Waals surface area contributed by atoms with E-state index in [1.165, 1.54) is 0 Å². The molecule has 0 aliphatic heterocycles. The summed E-state index contributed by atoms with van der Waals surface area (Å²) >= 11 is 0. The van der Waals surface area contributed by atoms with E-state index in [-0.39, 0.29) is 5.54 Å². The first kappa shape index (κ1) is 9.67. The minimum atomic E-state index is 0.0486. The molecule has 1 N–H and O–H groups in total. The van der Waals surface area contributed by atoms with Crippen LogP contribution < -0.4 is 5.32 Å². The number of terminal acetylenes is 1. The maximum atomic E-state index is 5.38. The van der Waals surface area contributed by atoms with Gasteiger partial charge in [0.1, 0.15) is 0 Å². The lowest BCUT2D eigenvalue weighted by atomic mass is 10.1. The lowest BCUT2D eigenvalue weighted by molar-refractivity contribution is 0.634. The molecule has 0 saturated heterocycles. The molecule has 0 atom stereocenters. The summed E-state index contributed by atoms with van der Waals surface area (Å²) in [7, 11) is 0. The highest BCUT2D eigenvalue weighted by molar-refractivity contribution is 5.59. The van der Waals surface area contributed by atoms with Crippen LogP contribution in [0, 0.1) is 12.3 Å². The van der Waals surface area contributed by atoms with Gasteiger partial charge in [-0.25, -0.2) is 0 Å². The van der Waals surface area contributed by atoms with E-state index in [1.807, 2.05) is 24.3 Å². The molecule has 68 valence electrons. The van der Waals surface area contributed by atoms with E-state index < -0.39 is 0 Å². The van der Waals surface area contributed by atoms with Crippen molar-refractivity contribution < 1.29 is 0 Å². The fraction of sp³-hybridized carbons (Fsp3) is 0.333. The third-order valence-corrected chi connectivity index (χ3v) is 1.59. The molecule has 0 saturated carbocycles. The Hall–Kier alpha value is -1.42. The molecule has 0 aromatic heterocycles. The average molecular weight is 173 g/mol. The molecule has 1 heteroatoms. The fourth-order valence-electron chi connectivity index (χ4n) is 1.12. The van der Waals surface area contributed by atoms with Crippen molar-refractivity contribution in [1.82, 2.24) is 0 Å². The Kier molecular flexibility index (Phi) is 2.63. The minimum Gasteiger partial charge on any atom is -0.379 e. The molecule has 1 aromatic rings. The summed E-state index contributed by atoms with van der Waals surface area (Å²) in [5.41, 5.74) is 1.99. The standard InChI is InChI=1S/C12H15N/c1-5-10-8-6-7-9-11(10)13-12(2,3)4/h1,6-9,13H,2-4H3. The van der Waals surface area contributed by atoms with E-state index in [9.17, 15) is 0 Å². The summed E-state index contributed by atoms with van der Waals surface area (Å²) in [6.45, 7) is 6.33.